The molecule has 76 valence electrons. The van der Waals surface area contributed by atoms with Gasteiger partial charge < -0.3 is 0 Å². The molecule has 0 spiro atoms. The lowest BCUT2D eigenvalue weighted by molar-refractivity contribution is 0.446. The molecule has 4 heteroatoms. The second-order valence-electron chi connectivity index (χ2n) is 2.89. The molecule has 0 radical (unpaired) electrons. The van der Waals surface area contributed by atoms with Crippen molar-refractivity contribution < 1.29 is 13.2 Å². The highest BCUT2D eigenvalue weighted by Crippen LogP contribution is 2.17. The van der Waals surface area contributed by atoms with Crippen molar-refractivity contribution in [3.63, 3.8) is 0 Å². The third-order valence-corrected chi connectivity index (χ3v) is 2.10. The van der Waals surface area contributed by atoms with Gasteiger partial charge in [-0.3, -0.25) is 0 Å². The first kappa shape index (κ1) is 11.1. The van der Waals surface area contributed by atoms with E-state index in [0.29, 0.717) is 5.57 Å². The van der Waals surface area contributed by atoms with Gasteiger partial charge in [0.15, 0.2) is 17.5 Å². The minimum absolute atomic E-state index is 0.00190. The van der Waals surface area contributed by atoms with Crippen LogP contribution in [0.5, 0.6) is 0 Å². The van der Waals surface area contributed by atoms with Crippen LogP contribution >= 0.6 is 11.6 Å². The van der Waals surface area contributed by atoms with Crippen LogP contribution in [0.1, 0.15) is 12.5 Å². The van der Waals surface area contributed by atoms with Gasteiger partial charge in [-0.05, 0) is 19.1 Å². The first-order valence-electron chi connectivity index (χ1n) is 3.93. The van der Waals surface area contributed by atoms with Crippen molar-refractivity contribution in [2.24, 2.45) is 0 Å². The molecular formula is C10H8ClF3. The molecule has 0 bridgehead atoms. The van der Waals surface area contributed by atoms with Crippen molar-refractivity contribution >= 4 is 17.7 Å². The van der Waals surface area contributed by atoms with Crippen LogP contribution in [0.2, 0.25) is 0 Å². The molecule has 0 aliphatic rings. The predicted molar refractivity (Wildman–Crippen MR) is 50.7 cm³/mol. The molecular weight excluding hydrogens is 213 g/mol. The molecule has 0 amide bonds. The molecule has 0 saturated heterocycles. The van der Waals surface area contributed by atoms with Crippen LogP contribution in [-0.4, -0.2) is 5.88 Å². The molecule has 0 atom stereocenters. The van der Waals surface area contributed by atoms with E-state index in [4.69, 9.17) is 11.6 Å². The monoisotopic (exact) mass is 220 g/mol. The average molecular weight is 221 g/mol. The summed E-state index contributed by atoms with van der Waals surface area (Å²) in [5, 5.41) is 0. The van der Waals surface area contributed by atoms with E-state index in [9.17, 15) is 13.2 Å². The van der Waals surface area contributed by atoms with Crippen LogP contribution in [0.4, 0.5) is 13.2 Å². The summed E-state index contributed by atoms with van der Waals surface area (Å²) in [7, 11) is 0. The Balaban J connectivity index is 3.18. The quantitative estimate of drug-likeness (QED) is 0.526. The molecule has 1 aromatic rings. The van der Waals surface area contributed by atoms with Gasteiger partial charge in [0.05, 0.1) is 0 Å². The van der Waals surface area contributed by atoms with Crippen molar-refractivity contribution in [2.75, 3.05) is 5.88 Å². The molecule has 0 unspecified atom stereocenters. The van der Waals surface area contributed by atoms with Gasteiger partial charge in [0.2, 0.25) is 0 Å². The third kappa shape index (κ3) is 2.29. The zero-order chi connectivity index (χ0) is 10.7. The van der Waals surface area contributed by atoms with Gasteiger partial charge >= 0.3 is 0 Å². The fourth-order valence-corrected chi connectivity index (χ4v) is 1.03. The van der Waals surface area contributed by atoms with Crippen LogP contribution in [0.25, 0.3) is 6.08 Å². The Hall–Kier alpha value is -0.960. The summed E-state index contributed by atoms with van der Waals surface area (Å²) in [4.78, 5) is 0. The largest absolute Gasteiger partial charge is 0.204 e. The van der Waals surface area contributed by atoms with E-state index in [0.717, 1.165) is 6.07 Å². The number of hydrogen-bond donors (Lipinski definition) is 0. The van der Waals surface area contributed by atoms with E-state index in [1.165, 1.54) is 12.1 Å². The lowest BCUT2D eigenvalue weighted by Crippen LogP contribution is -1.93. The van der Waals surface area contributed by atoms with Gasteiger partial charge in [-0.1, -0.05) is 11.6 Å². The highest BCUT2D eigenvalue weighted by atomic mass is 35.5. The van der Waals surface area contributed by atoms with Gasteiger partial charge in [-0.2, -0.15) is 0 Å². The van der Waals surface area contributed by atoms with E-state index in [-0.39, 0.29) is 11.4 Å². The molecule has 1 aromatic carbocycles. The normalized spacial score (nSPS) is 11.9. The summed E-state index contributed by atoms with van der Waals surface area (Å²) in [5.41, 5.74) is 0.679. The summed E-state index contributed by atoms with van der Waals surface area (Å²) < 4.78 is 38.3. The SMILES string of the molecule is C/C(=C/c1ccc(F)c(F)c1F)CCl. The van der Waals surface area contributed by atoms with E-state index < -0.39 is 17.5 Å². The second-order valence-corrected chi connectivity index (χ2v) is 3.16. The minimum atomic E-state index is -1.46. The second kappa shape index (κ2) is 4.51. The summed E-state index contributed by atoms with van der Waals surface area (Å²) >= 11 is 5.47. The molecule has 1 rings (SSSR count). The Bertz CT molecular complexity index is 372. The van der Waals surface area contributed by atoms with Gasteiger partial charge in [-0.25, -0.2) is 13.2 Å². The fraction of sp³-hybridized carbons (Fsp3) is 0.200. The number of allylic oxidation sites excluding steroid dienone is 1. The topological polar surface area (TPSA) is 0 Å². The standard InChI is InChI=1S/C10H8ClF3/c1-6(5-11)4-7-2-3-8(12)10(14)9(7)13/h2-4H,5H2,1H3/b6-4-. The predicted octanol–water partition coefficient (Wildman–Crippen LogP) is 3.75. The maximum Gasteiger partial charge on any atom is 0.195 e. The van der Waals surface area contributed by atoms with Gasteiger partial charge in [-0.15, -0.1) is 11.6 Å². The first-order valence-corrected chi connectivity index (χ1v) is 4.46. The Kier molecular flexibility index (Phi) is 3.58. The van der Waals surface area contributed by atoms with Gasteiger partial charge in [0, 0.05) is 11.4 Å². The van der Waals surface area contributed by atoms with Crippen molar-refractivity contribution in [3.8, 4) is 0 Å². The zero-order valence-electron chi connectivity index (χ0n) is 7.45. The van der Waals surface area contributed by atoms with E-state index in [1.54, 1.807) is 6.92 Å². The molecule has 0 N–H and O–H groups in total. The fourth-order valence-electron chi connectivity index (χ4n) is 0.956. The lowest BCUT2D eigenvalue weighted by atomic mass is 10.1. The average Bonchev–Trinajstić information content (AvgIpc) is 2.19. The Morgan fingerprint density at radius 1 is 1.29 bits per heavy atom. The molecule has 0 saturated carbocycles. The number of alkyl halides is 1. The van der Waals surface area contributed by atoms with Crippen LogP contribution in [-0.2, 0) is 0 Å². The van der Waals surface area contributed by atoms with Crippen LogP contribution in [0.3, 0.4) is 0 Å². The molecule has 0 heterocycles. The molecule has 0 aliphatic carbocycles. The lowest BCUT2D eigenvalue weighted by Gasteiger charge is -2.00. The van der Waals surface area contributed by atoms with Crippen molar-refractivity contribution in [3.05, 3.63) is 40.7 Å². The zero-order valence-corrected chi connectivity index (χ0v) is 8.21. The van der Waals surface area contributed by atoms with Crippen LogP contribution in [0, 0.1) is 17.5 Å². The number of hydrogen-bond acceptors (Lipinski definition) is 0. The number of rotatable bonds is 2. The summed E-state index contributed by atoms with van der Waals surface area (Å²) in [6.07, 6.45) is 1.38. The van der Waals surface area contributed by atoms with Gasteiger partial charge in [0.25, 0.3) is 0 Å². The Morgan fingerprint density at radius 2 is 1.93 bits per heavy atom. The highest BCUT2D eigenvalue weighted by Gasteiger charge is 2.11. The van der Waals surface area contributed by atoms with Crippen LogP contribution < -0.4 is 0 Å². The number of benzene rings is 1. The maximum atomic E-state index is 13.1. The van der Waals surface area contributed by atoms with Crippen molar-refractivity contribution in [1.29, 1.82) is 0 Å². The summed E-state index contributed by atoms with van der Waals surface area (Å²) in [5.74, 6) is -3.61. The summed E-state index contributed by atoms with van der Waals surface area (Å²) in [6.45, 7) is 1.67. The smallest absolute Gasteiger partial charge is 0.195 e. The Labute approximate surface area is 85.0 Å². The first-order chi connectivity index (χ1) is 6.56. The molecule has 0 fully saturated rings. The van der Waals surface area contributed by atoms with Crippen LogP contribution in [0.15, 0.2) is 17.7 Å². The minimum Gasteiger partial charge on any atom is -0.204 e. The van der Waals surface area contributed by atoms with Crippen molar-refractivity contribution in [1.82, 2.24) is 0 Å². The van der Waals surface area contributed by atoms with Crippen molar-refractivity contribution in [2.45, 2.75) is 6.92 Å². The summed E-state index contributed by atoms with van der Waals surface area (Å²) in [6, 6.07) is 2.05. The Morgan fingerprint density at radius 3 is 2.50 bits per heavy atom. The van der Waals surface area contributed by atoms with E-state index >= 15 is 0 Å². The maximum absolute atomic E-state index is 13.1. The highest BCUT2D eigenvalue weighted by molar-refractivity contribution is 6.19. The van der Waals surface area contributed by atoms with E-state index in [2.05, 4.69) is 0 Å². The van der Waals surface area contributed by atoms with Gasteiger partial charge in [0.1, 0.15) is 0 Å². The number of halogens is 4. The third-order valence-electron chi connectivity index (χ3n) is 1.68. The molecule has 0 aliphatic heterocycles. The molecule has 0 nitrogen and oxygen atoms in total. The molecule has 14 heavy (non-hydrogen) atoms. The molecule has 0 aromatic heterocycles. The van der Waals surface area contributed by atoms with E-state index in [1.807, 2.05) is 0 Å².